The van der Waals surface area contributed by atoms with Crippen LogP contribution in [0.2, 0.25) is 0 Å². The summed E-state index contributed by atoms with van der Waals surface area (Å²) in [4.78, 5) is 25.4. The number of methoxy groups -OCH3 is 1. The normalized spacial score (nSPS) is 14.8. The molecule has 0 atom stereocenters. The topological polar surface area (TPSA) is 73.2 Å². The summed E-state index contributed by atoms with van der Waals surface area (Å²) >= 11 is 0. The fraction of sp³-hybridized carbons (Fsp3) is 0.292. The Balaban J connectivity index is 1.61. The van der Waals surface area contributed by atoms with Gasteiger partial charge in [0.2, 0.25) is 5.91 Å². The molecule has 0 bridgehead atoms. The molecule has 1 aliphatic carbocycles. The van der Waals surface area contributed by atoms with Gasteiger partial charge < -0.3 is 10.1 Å². The lowest BCUT2D eigenvalue weighted by Gasteiger charge is -2.18. The number of halogens is 7. The molecular formula is C24H18F7N3O3. The Hall–Kier alpha value is -3.90. The molecule has 1 aliphatic rings. The van der Waals surface area contributed by atoms with Gasteiger partial charge in [0.15, 0.2) is 0 Å². The number of carbonyl (C=O) groups is 2. The molecule has 37 heavy (non-hydrogen) atoms. The lowest BCUT2D eigenvalue weighted by molar-refractivity contribution is -0.137. The number of nitrogens with one attached hydrogen (secondary N) is 1. The third kappa shape index (κ3) is 5.44. The molecule has 0 unspecified atom stereocenters. The summed E-state index contributed by atoms with van der Waals surface area (Å²) in [5, 5.41) is 6.37. The molecule has 2 aromatic carbocycles. The fourth-order valence-electron chi connectivity index (χ4n) is 3.96. The van der Waals surface area contributed by atoms with E-state index in [1.54, 1.807) is 0 Å². The van der Waals surface area contributed by atoms with Crippen molar-refractivity contribution in [1.29, 1.82) is 0 Å². The maximum atomic E-state index is 14.6. The number of carbonyl (C=O) groups excluding carboxylic acids is 2. The fourth-order valence-corrected chi connectivity index (χ4v) is 3.96. The zero-order valence-corrected chi connectivity index (χ0v) is 19.0. The van der Waals surface area contributed by atoms with Gasteiger partial charge in [-0.25, -0.2) is 13.9 Å². The van der Waals surface area contributed by atoms with Crippen molar-refractivity contribution in [3.05, 3.63) is 76.9 Å². The highest BCUT2D eigenvalue weighted by Gasteiger charge is 2.53. The van der Waals surface area contributed by atoms with Crippen LogP contribution in [-0.4, -0.2) is 34.9 Å². The Bertz CT molecular complexity index is 1360. The molecule has 0 radical (unpaired) electrons. The largest absolute Gasteiger partial charge is 0.465 e. The minimum Gasteiger partial charge on any atom is -0.465 e. The SMILES string of the molecule is COC(=O)c1cc(NC(=O)C2(c3ccc(C(F)(F)F)cc3F)CC2)ccc1-n1ccc(CC(F)(F)F)n1. The zero-order valence-electron chi connectivity index (χ0n) is 19.0. The second kappa shape index (κ2) is 9.20. The van der Waals surface area contributed by atoms with E-state index in [2.05, 4.69) is 10.4 Å². The van der Waals surface area contributed by atoms with E-state index in [4.69, 9.17) is 4.74 Å². The van der Waals surface area contributed by atoms with Crippen molar-refractivity contribution in [3.8, 4) is 5.69 Å². The molecule has 3 aromatic rings. The predicted octanol–water partition coefficient (Wildman–Crippen LogP) is 5.59. The van der Waals surface area contributed by atoms with Crippen molar-refractivity contribution in [2.45, 2.75) is 37.0 Å². The van der Waals surface area contributed by atoms with E-state index in [0.29, 0.717) is 12.1 Å². The summed E-state index contributed by atoms with van der Waals surface area (Å²) in [7, 11) is 1.09. The van der Waals surface area contributed by atoms with Gasteiger partial charge in [-0.3, -0.25) is 4.79 Å². The van der Waals surface area contributed by atoms with Gasteiger partial charge in [-0.1, -0.05) is 6.07 Å². The summed E-state index contributed by atoms with van der Waals surface area (Å²) in [6.45, 7) is 0. The second-order valence-electron chi connectivity index (χ2n) is 8.50. The molecule has 0 aliphatic heterocycles. The van der Waals surface area contributed by atoms with Gasteiger partial charge in [-0.05, 0) is 49.2 Å². The van der Waals surface area contributed by atoms with Crippen molar-refractivity contribution < 1.29 is 45.1 Å². The highest BCUT2D eigenvalue weighted by atomic mass is 19.4. The van der Waals surface area contributed by atoms with Crippen LogP contribution in [0.1, 0.15) is 40.0 Å². The number of benzene rings is 2. The summed E-state index contributed by atoms with van der Waals surface area (Å²) in [5.74, 6) is -2.73. The molecule has 1 fully saturated rings. The van der Waals surface area contributed by atoms with Crippen LogP contribution in [0.15, 0.2) is 48.7 Å². The Morgan fingerprint density at radius 1 is 1.05 bits per heavy atom. The van der Waals surface area contributed by atoms with Crippen LogP contribution in [0.4, 0.5) is 36.4 Å². The van der Waals surface area contributed by atoms with Crippen LogP contribution in [0.3, 0.4) is 0 Å². The van der Waals surface area contributed by atoms with Crippen molar-refractivity contribution in [2.24, 2.45) is 0 Å². The Labute approximate surface area is 205 Å². The lowest BCUT2D eigenvalue weighted by Crippen LogP contribution is -2.29. The van der Waals surface area contributed by atoms with Crippen molar-refractivity contribution in [3.63, 3.8) is 0 Å². The monoisotopic (exact) mass is 529 g/mol. The first-order valence-corrected chi connectivity index (χ1v) is 10.8. The predicted molar refractivity (Wildman–Crippen MR) is 116 cm³/mol. The molecule has 13 heteroatoms. The number of esters is 1. The molecule has 196 valence electrons. The number of rotatable bonds is 6. The number of ether oxygens (including phenoxy) is 1. The molecule has 4 rings (SSSR count). The third-order valence-corrected chi connectivity index (χ3v) is 5.93. The molecule has 1 N–H and O–H groups in total. The lowest BCUT2D eigenvalue weighted by atomic mass is 9.93. The van der Waals surface area contributed by atoms with Gasteiger partial charge in [0.05, 0.1) is 41.5 Å². The van der Waals surface area contributed by atoms with Gasteiger partial charge in [-0.2, -0.15) is 31.4 Å². The number of amides is 1. The first-order chi connectivity index (χ1) is 17.2. The standard InChI is InChI=1S/C24H18F7N3O3/c1-37-20(35)16-11-14(3-5-19(16)34-9-6-15(33-34)12-23(26,27)28)32-21(36)22(7-8-22)17-4-2-13(10-18(17)25)24(29,30)31/h2-6,9-11H,7-8,12H2,1H3,(H,32,36). The number of hydrogen-bond acceptors (Lipinski definition) is 4. The summed E-state index contributed by atoms with van der Waals surface area (Å²) in [5.41, 5.74) is -3.00. The minimum absolute atomic E-state index is 0.0770. The highest BCUT2D eigenvalue weighted by molar-refractivity contribution is 6.03. The minimum atomic E-state index is -4.74. The van der Waals surface area contributed by atoms with Gasteiger partial charge in [0.25, 0.3) is 0 Å². The Morgan fingerprint density at radius 2 is 1.76 bits per heavy atom. The van der Waals surface area contributed by atoms with Crippen LogP contribution in [-0.2, 0) is 27.5 Å². The van der Waals surface area contributed by atoms with Crippen LogP contribution < -0.4 is 5.32 Å². The average Bonchev–Trinajstić information content (AvgIpc) is 3.50. The average molecular weight is 529 g/mol. The zero-order chi connectivity index (χ0) is 27.2. The second-order valence-corrected chi connectivity index (χ2v) is 8.50. The van der Waals surface area contributed by atoms with Crippen molar-refractivity contribution in [1.82, 2.24) is 9.78 Å². The number of aromatic nitrogens is 2. The summed E-state index contributed by atoms with van der Waals surface area (Å²) < 4.78 is 97.0. The van der Waals surface area contributed by atoms with E-state index in [0.717, 1.165) is 23.9 Å². The maximum absolute atomic E-state index is 14.6. The number of nitrogens with zero attached hydrogens (tertiary/aromatic N) is 2. The van der Waals surface area contributed by atoms with E-state index in [9.17, 15) is 40.3 Å². The first kappa shape index (κ1) is 26.2. The number of hydrogen-bond donors (Lipinski definition) is 1. The first-order valence-electron chi connectivity index (χ1n) is 10.8. The molecule has 1 amide bonds. The number of anilines is 1. The van der Waals surface area contributed by atoms with E-state index >= 15 is 0 Å². The molecule has 1 heterocycles. The number of alkyl halides is 6. The van der Waals surface area contributed by atoms with Gasteiger partial charge in [0.1, 0.15) is 5.82 Å². The molecule has 1 aromatic heterocycles. The van der Waals surface area contributed by atoms with Crippen LogP contribution in [0.5, 0.6) is 0 Å². The Kier molecular flexibility index (Phi) is 6.51. The van der Waals surface area contributed by atoms with Crippen molar-refractivity contribution in [2.75, 3.05) is 12.4 Å². The van der Waals surface area contributed by atoms with Gasteiger partial charge in [-0.15, -0.1) is 0 Å². The third-order valence-electron chi connectivity index (χ3n) is 5.93. The quantitative estimate of drug-likeness (QED) is 0.334. The summed E-state index contributed by atoms with van der Waals surface area (Å²) in [6.07, 6.45) is -8.88. The summed E-state index contributed by atoms with van der Waals surface area (Å²) in [6, 6.07) is 7.00. The molecule has 0 spiro atoms. The molecular weight excluding hydrogens is 511 g/mol. The molecule has 1 saturated carbocycles. The van der Waals surface area contributed by atoms with Crippen molar-refractivity contribution >= 4 is 17.6 Å². The van der Waals surface area contributed by atoms with E-state index < -0.39 is 47.4 Å². The van der Waals surface area contributed by atoms with Crippen LogP contribution in [0.25, 0.3) is 5.69 Å². The van der Waals surface area contributed by atoms with E-state index in [-0.39, 0.29) is 41.0 Å². The Morgan fingerprint density at radius 3 is 2.32 bits per heavy atom. The van der Waals surface area contributed by atoms with Crippen LogP contribution >= 0.6 is 0 Å². The molecule has 0 saturated heterocycles. The van der Waals surface area contributed by atoms with Crippen LogP contribution in [0, 0.1) is 5.82 Å². The highest BCUT2D eigenvalue weighted by Crippen LogP contribution is 2.50. The van der Waals surface area contributed by atoms with E-state index in [1.807, 2.05) is 0 Å². The maximum Gasteiger partial charge on any atom is 0.416 e. The molecule has 6 nitrogen and oxygen atoms in total. The smallest absolute Gasteiger partial charge is 0.416 e. The van der Waals surface area contributed by atoms with Gasteiger partial charge >= 0.3 is 18.3 Å². The van der Waals surface area contributed by atoms with E-state index in [1.165, 1.54) is 24.4 Å². The van der Waals surface area contributed by atoms with Gasteiger partial charge in [0, 0.05) is 17.4 Å².